The van der Waals surface area contributed by atoms with E-state index in [1.165, 1.54) is 158 Å². The first-order valence-corrected chi connectivity index (χ1v) is 20.6. The van der Waals surface area contributed by atoms with E-state index in [1.54, 1.807) is 0 Å². The summed E-state index contributed by atoms with van der Waals surface area (Å²) in [5, 5.41) is 12.2. The summed E-state index contributed by atoms with van der Waals surface area (Å²) < 4.78 is 0. The molecule has 47 heavy (non-hydrogen) atoms. The highest BCUT2D eigenvalue weighted by atomic mass is 16.3. The van der Waals surface area contributed by atoms with Gasteiger partial charge in [-0.25, -0.2) is 0 Å². The summed E-state index contributed by atoms with van der Waals surface area (Å²) in [6.45, 7) is 9.12. The van der Waals surface area contributed by atoms with E-state index in [-0.39, 0.29) is 5.78 Å². The van der Waals surface area contributed by atoms with Crippen LogP contribution in [0.25, 0.3) is 0 Å². The molecule has 0 spiro atoms. The van der Waals surface area contributed by atoms with E-state index >= 15 is 0 Å². The van der Waals surface area contributed by atoms with Gasteiger partial charge in [0, 0.05) is 5.56 Å². The van der Waals surface area contributed by atoms with Crippen LogP contribution in [0.5, 0.6) is 5.75 Å². The van der Waals surface area contributed by atoms with E-state index < -0.39 is 0 Å². The van der Waals surface area contributed by atoms with Gasteiger partial charge in [-0.15, -0.1) is 0 Å². The van der Waals surface area contributed by atoms with Crippen LogP contribution in [0, 0.1) is 0 Å². The Kier molecular flexibility index (Phi) is 23.4. The number of benzene rings is 2. The lowest BCUT2D eigenvalue weighted by molar-refractivity contribution is 0.103. The van der Waals surface area contributed by atoms with E-state index in [0.29, 0.717) is 16.9 Å². The lowest BCUT2D eigenvalue weighted by Crippen LogP contribution is -2.15. The standard InChI is InChI=1S/C45H74O2/c1-5-9-13-17-21-28-34-39-40(35-29-22-18-14-10-6-2)42(37-31-24-20-16-12-8-4)45(47)43(44(46)38-32-26-25-27-33-38)41(39)36-30-23-19-15-11-7-3/h25-27,32-33,47H,5-24,28-31,34-37H2,1-4H3. The Morgan fingerprint density at radius 1 is 0.426 bits per heavy atom. The van der Waals surface area contributed by atoms with Crippen LogP contribution in [-0.4, -0.2) is 10.9 Å². The minimum atomic E-state index is 0.0172. The van der Waals surface area contributed by atoms with Crippen LogP contribution in [0.1, 0.15) is 220 Å². The number of carbonyl (C=O) groups is 1. The van der Waals surface area contributed by atoms with Crippen LogP contribution in [0.2, 0.25) is 0 Å². The van der Waals surface area contributed by atoms with Gasteiger partial charge in [-0.05, 0) is 73.6 Å². The highest BCUT2D eigenvalue weighted by Gasteiger charge is 2.27. The maximum Gasteiger partial charge on any atom is 0.197 e. The van der Waals surface area contributed by atoms with Crippen molar-refractivity contribution in [2.24, 2.45) is 0 Å². The summed E-state index contributed by atoms with van der Waals surface area (Å²) in [6.07, 6.45) is 34.0. The fourth-order valence-corrected chi connectivity index (χ4v) is 7.41. The summed E-state index contributed by atoms with van der Waals surface area (Å²) in [4.78, 5) is 14.4. The smallest absolute Gasteiger partial charge is 0.197 e. The van der Waals surface area contributed by atoms with E-state index in [9.17, 15) is 9.90 Å². The van der Waals surface area contributed by atoms with Crippen molar-refractivity contribution in [2.45, 2.75) is 207 Å². The molecule has 0 heterocycles. The van der Waals surface area contributed by atoms with E-state index in [2.05, 4.69) is 27.7 Å². The van der Waals surface area contributed by atoms with Crippen molar-refractivity contribution in [1.29, 1.82) is 0 Å². The third-order valence-corrected chi connectivity index (χ3v) is 10.3. The zero-order valence-corrected chi connectivity index (χ0v) is 31.5. The van der Waals surface area contributed by atoms with Crippen LogP contribution >= 0.6 is 0 Å². The predicted molar refractivity (Wildman–Crippen MR) is 206 cm³/mol. The molecule has 0 amide bonds. The van der Waals surface area contributed by atoms with Crippen molar-refractivity contribution in [2.75, 3.05) is 0 Å². The molecule has 2 aromatic carbocycles. The maximum atomic E-state index is 14.4. The molecule has 266 valence electrons. The second-order valence-electron chi connectivity index (χ2n) is 14.4. The van der Waals surface area contributed by atoms with Gasteiger partial charge >= 0.3 is 0 Å². The number of aromatic hydroxyl groups is 1. The minimum absolute atomic E-state index is 0.0172. The molecule has 0 aliphatic heterocycles. The number of hydrogen-bond acceptors (Lipinski definition) is 2. The SMILES string of the molecule is CCCCCCCCc1c(O)c(C(=O)c2ccccc2)c(CCCCCCCC)c(CCCCCCCC)c1CCCCCCCC. The first-order valence-electron chi connectivity index (χ1n) is 20.6. The van der Waals surface area contributed by atoms with Gasteiger partial charge in [-0.2, -0.15) is 0 Å². The van der Waals surface area contributed by atoms with Crippen molar-refractivity contribution >= 4 is 5.78 Å². The van der Waals surface area contributed by atoms with E-state index in [1.807, 2.05) is 30.3 Å². The van der Waals surface area contributed by atoms with E-state index in [0.717, 1.165) is 44.1 Å². The summed E-state index contributed by atoms with van der Waals surface area (Å²) in [5.74, 6) is 0.338. The molecule has 2 aromatic rings. The largest absolute Gasteiger partial charge is 0.507 e. The molecule has 1 N–H and O–H groups in total. The number of hydrogen-bond donors (Lipinski definition) is 1. The van der Waals surface area contributed by atoms with Crippen molar-refractivity contribution in [3.63, 3.8) is 0 Å². The molecule has 2 heteroatoms. The monoisotopic (exact) mass is 647 g/mol. The average Bonchev–Trinajstić information content (AvgIpc) is 3.09. The molecular weight excluding hydrogens is 572 g/mol. The highest BCUT2D eigenvalue weighted by molar-refractivity contribution is 6.12. The summed E-state index contributed by atoms with van der Waals surface area (Å²) in [7, 11) is 0. The second-order valence-corrected chi connectivity index (χ2v) is 14.4. The molecule has 0 aliphatic carbocycles. The highest BCUT2D eigenvalue weighted by Crippen LogP contribution is 2.39. The minimum Gasteiger partial charge on any atom is -0.507 e. The Hall–Kier alpha value is -2.09. The average molecular weight is 647 g/mol. The Balaban J connectivity index is 2.57. The topological polar surface area (TPSA) is 37.3 Å². The van der Waals surface area contributed by atoms with Crippen LogP contribution in [0.15, 0.2) is 30.3 Å². The third kappa shape index (κ3) is 15.8. The Morgan fingerprint density at radius 2 is 0.745 bits per heavy atom. The molecule has 0 fully saturated rings. The fraction of sp³-hybridized carbons (Fsp3) is 0.711. The number of phenolic OH excluding ortho intramolecular Hbond substituents is 1. The van der Waals surface area contributed by atoms with E-state index in [4.69, 9.17) is 0 Å². The summed E-state index contributed by atoms with van der Waals surface area (Å²) >= 11 is 0. The lowest BCUT2D eigenvalue weighted by atomic mass is 9.80. The van der Waals surface area contributed by atoms with Crippen molar-refractivity contribution in [1.82, 2.24) is 0 Å². The van der Waals surface area contributed by atoms with Gasteiger partial charge in [0.25, 0.3) is 0 Å². The summed E-state index contributed by atoms with van der Waals surface area (Å²) in [6, 6.07) is 9.76. The molecule has 2 rings (SSSR count). The Labute approximate surface area is 291 Å². The zero-order valence-electron chi connectivity index (χ0n) is 31.5. The van der Waals surface area contributed by atoms with Crippen LogP contribution in [0.4, 0.5) is 0 Å². The van der Waals surface area contributed by atoms with Gasteiger partial charge in [0.05, 0.1) is 5.56 Å². The number of unbranched alkanes of at least 4 members (excludes halogenated alkanes) is 20. The third-order valence-electron chi connectivity index (χ3n) is 10.3. The fourth-order valence-electron chi connectivity index (χ4n) is 7.41. The maximum absolute atomic E-state index is 14.4. The zero-order chi connectivity index (χ0) is 34.0. The number of ketones is 1. The van der Waals surface area contributed by atoms with Gasteiger partial charge in [0.15, 0.2) is 5.78 Å². The molecule has 0 aromatic heterocycles. The van der Waals surface area contributed by atoms with Crippen molar-refractivity contribution in [3.8, 4) is 5.75 Å². The molecule has 0 saturated heterocycles. The lowest BCUT2D eigenvalue weighted by Gasteiger charge is -2.25. The molecule has 2 nitrogen and oxygen atoms in total. The summed E-state index contributed by atoms with van der Waals surface area (Å²) in [5.41, 5.74) is 6.51. The molecule has 0 radical (unpaired) electrons. The normalized spacial score (nSPS) is 11.4. The second kappa shape index (κ2) is 26.8. The van der Waals surface area contributed by atoms with Gasteiger partial charge in [0.1, 0.15) is 5.75 Å². The quantitative estimate of drug-likeness (QED) is 0.0677. The number of phenols is 1. The van der Waals surface area contributed by atoms with Crippen LogP contribution < -0.4 is 0 Å². The molecular formula is C45H74O2. The van der Waals surface area contributed by atoms with Crippen LogP contribution in [-0.2, 0) is 25.7 Å². The molecule has 0 bridgehead atoms. The van der Waals surface area contributed by atoms with Crippen molar-refractivity contribution < 1.29 is 9.90 Å². The Bertz CT molecular complexity index is 1070. The Morgan fingerprint density at radius 3 is 1.15 bits per heavy atom. The van der Waals surface area contributed by atoms with Gasteiger partial charge in [0.2, 0.25) is 0 Å². The van der Waals surface area contributed by atoms with Gasteiger partial charge in [-0.3, -0.25) is 4.79 Å². The first kappa shape index (κ1) is 41.1. The molecule has 0 atom stereocenters. The first-order chi connectivity index (χ1) is 23.1. The molecule has 0 saturated carbocycles. The van der Waals surface area contributed by atoms with Gasteiger partial charge < -0.3 is 5.11 Å². The van der Waals surface area contributed by atoms with Gasteiger partial charge in [-0.1, -0.05) is 186 Å². The molecule has 0 unspecified atom stereocenters. The number of rotatable bonds is 30. The number of carbonyl (C=O) groups excluding carboxylic acids is 1. The van der Waals surface area contributed by atoms with Crippen LogP contribution in [0.3, 0.4) is 0 Å². The molecule has 0 aliphatic rings. The van der Waals surface area contributed by atoms with Crippen molar-refractivity contribution in [3.05, 3.63) is 63.7 Å². The predicted octanol–water partition coefficient (Wildman–Crippen LogP) is 14.2.